The van der Waals surface area contributed by atoms with Crippen LogP contribution in [0.2, 0.25) is 0 Å². The summed E-state index contributed by atoms with van der Waals surface area (Å²) in [6.45, 7) is 6.75. The van der Waals surface area contributed by atoms with E-state index in [9.17, 15) is 8.78 Å². The lowest BCUT2D eigenvalue weighted by molar-refractivity contribution is 0.568. The molecule has 0 aliphatic carbocycles. The molecule has 2 aromatic rings. The Morgan fingerprint density at radius 2 is 1.81 bits per heavy atom. The summed E-state index contributed by atoms with van der Waals surface area (Å²) in [5.41, 5.74) is 2.57. The van der Waals surface area contributed by atoms with E-state index in [0.29, 0.717) is 16.7 Å². The smallest absolute Gasteiger partial charge is 0.131 e. The molecule has 0 aromatic heterocycles. The molecule has 0 bridgehead atoms. The van der Waals surface area contributed by atoms with Gasteiger partial charge >= 0.3 is 0 Å². The molecule has 1 nitrogen and oxygen atoms in total. The lowest BCUT2D eigenvalue weighted by atomic mass is 9.98. The Bertz CT molecular complexity index is 623. The molecule has 0 saturated carbocycles. The van der Waals surface area contributed by atoms with E-state index in [-0.39, 0.29) is 17.7 Å². The van der Waals surface area contributed by atoms with Gasteiger partial charge in [-0.15, -0.1) is 0 Å². The van der Waals surface area contributed by atoms with Crippen LogP contribution in [0.25, 0.3) is 11.1 Å². The van der Waals surface area contributed by atoms with Gasteiger partial charge in [-0.1, -0.05) is 25.1 Å². The Labute approximate surface area is 125 Å². The number of benzene rings is 2. The topological polar surface area (TPSA) is 12.0 Å². The van der Waals surface area contributed by atoms with E-state index in [1.807, 2.05) is 6.92 Å². The van der Waals surface area contributed by atoms with Crippen molar-refractivity contribution in [1.82, 2.24) is 5.32 Å². The van der Waals surface area contributed by atoms with Gasteiger partial charge in [0, 0.05) is 11.6 Å². The number of hydrogen-bond acceptors (Lipinski definition) is 1. The van der Waals surface area contributed by atoms with Gasteiger partial charge in [-0.3, -0.25) is 0 Å². The van der Waals surface area contributed by atoms with Crippen molar-refractivity contribution in [1.29, 1.82) is 0 Å². The Morgan fingerprint density at radius 3 is 2.48 bits per heavy atom. The summed E-state index contributed by atoms with van der Waals surface area (Å²) in [5.74, 6) is -0.640. The molecule has 0 aliphatic heterocycles. The molecule has 1 unspecified atom stereocenters. The van der Waals surface area contributed by atoms with Crippen LogP contribution in [0.3, 0.4) is 0 Å². The first-order valence-corrected chi connectivity index (χ1v) is 7.32. The largest absolute Gasteiger partial charge is 0.310 e. The summed E-state index contributed by atoms with van der Waals surface area (Å²) in [7, 11) is 0. The minimum Gasteiger partial charge on any atom is -0.310 e. The SMILES string of the molecule is CCCNC(C)c1ccc(F)c(-c2ccc(C)c(F)c2)c1. The molecule has 2 aromatic carbocycles. The number of hydrogen-bond donors (Lipinski definition) is 1. The van der Waals surface area contributed by atoms with Gasteiger partial charge in [0.1, 0.15) is 11.6 Å². The molecule has 2 rings (SSSR count). The summed E-state index contributed by atoms with van der Waals surface area (Å²) < 4.78 is 27.7. The van der Waals surface area contributed by atoms with Gasteiger partial charge in [0.15, 0.2) is 0 Å². The van der Waals surface area contributed by atoms with E-state index in [1.54, 1.807) is 31.2 Å². The summed E-state index contributed by atoms with van der Waals surface area (Å²) in [6, 6.07) is 9.98. The summed E-state index contributed by atoms with van der Waals surface area (Å²) in [6.07, 6.45) is 1.04. The predicted octanol–water partition coefficient (Wildman–Crippen LogP) is 5.00. The second-order valence-electron chi connectivity index (χ2n) is 5.38. The van der Waals surface area contributed by atoms with Crippen LogP contribution in [0.5, 0.6) is 0 Å². The predicted molar refractivity (Wildman–Crippen MR) is 83.2 cm³/mol. The quantitative estimate of drug-likeness (QED) is 0.816. The van der Waals surface area contributed by atoms with Crippen molar-refractivity contribution in [2.24, 2.45) is 0 Å². The minimum absolute atomic E-state index is 0.139. The van der Waals surface area contributed by atoms with Gasteiger partial charge in [0.2, 0.25) is 0 Å². The fraction of sp³-hybridized carbons (Fsp3) is 0.333. The molecule has 21 heavy (non-hydrogen) atoms. The third kappa shape index (κ3) is 3.67. The zero-order valence-electron chi connectivity index (χ0n) is 12.7. The molecule has 0 aliphatic rings. The summed E-state index contributed by atoms with van der Waals surface area (Å²) in [5, 5.41) is 3.37. The maximum Gasteiger partial charge on any atom is 0.131 e. The second-order valence-corrected chi connectivity index (χ2v) is 5.38. The highest BCUT2D eigenvalue weighted by atomic mass is 19.1. The third-order valence-corrected chi connectivity index (χ3v) is 3.67. The fourth-order valence-corrected chi connectivity index (χ4v) is 2.27. The molecular weight excluding hydrogens is 268 g/mol. The molecular formula is C18H21F2N. The monoisotopic (exact) mass is 289 g/mol. The molecule has 112 valence electrons. The second kappa shape index (κ2) is 6.81. The van der Waals surface area contributed by atoms with Crippen molar-refractivity contribution in [3.05, 3.63) is 59.2 Å². The van der Waals surface area contributed by atoms with E-state index in [1.165, 1.54) is 12.1 Å². The Balaban J connectivity index is 2.36. The number of aryl methyl sites for hydroxylation is 1. The van der Waals surface area contributed by atoms with Gasteiger partial charge in [0.05, 0.1) is 0 Å². The highest BCUT2D eigenvalue weighted by Crippen LogP contribution is 2.27. The Hall–Kier alpha value is -1.74. The number of rotatable bonds is 5. The summed E-state index contributed by atoms with van der Waals surface area (Å²) >= 11 is 0. The van der Waals surface area contributed by atoms with Crippen molar-refractivity contribution in [2.75, 3.05) is 6.54 Å². The minimum atomic E-state index is -0.329. The average Bonchev–Trinajstić information content (AvgIpc) is 2.48. The van der Waals surface area contributed by atoms with Crippen LogP contribution in [0.1, 0.15) is 37.4 Å². The van der Waals surface area contributed by atoms with Crippen LogP contribution in [-0.2, 0) is 0 Å². The van der Waals surface area contributed by atoms with Crippen molar-refractivity contribution >= 4 is 0 Å². The van der Waals surface area contributed by atoms with Crippen molar-refractivity contribution in [3.8, 4) is 11.1 Å². The van der Waals surface area contributed by atoms with E-state index >= 15 is 0 Å². The average molecular weight is 289 g/mol. The maximum absolute atomic E-state index is 14.1. The van der Waals surface area contributed by atoms with Gasteiger partial charge in [-0.2, -0.15) is 0 Å². The van der Waals surface area contributed by atoms with Crippen LogP contribution in [-0.4, -0.2) is 6.54 Å². The van der Waals surface area contributed by atoms with E-state index in [4.69, 9.17) is 0 Å². The molecule has 0 heterocycles. The fourth-order valence-electron chi connectivity index (χ4n) is 2.27. The Kier molecular flexibility index (Phi) is 5.07. The molecule has 0 saturated heterocycles. The normalized spacial score (nSPS) is 12.4. The first-order valence-electron chi connectivity index (χ1n) is 7.32. The van der Waals surface area contributed by atoms with Crippen LogP contribution < -0.4 is 5.32 Å². The van der Waals surface area contributed by atoms with Gasteiger partial charge in [0.25, 0.3) is 0 Å². The first kappa shape index (κ1) is 15.6. The molecule has 0 fully saturated rings. The Morgan fingerprint density at radius 1 is 1.05 bits per heavy atom. The van der Waals surface area contributed by atoms with Crippen LogP contribution >= 0.6 is 0 Å². The van der Waals surface area contributed by atoms with Gasteiger partial charge < -0.3 is 5.32 Å². The van der Waals surface area contributed by atoms with Gasteiger partial charge in [-0.05, 0) is 61.7 Å². The molecule has 0 amide bonds. The zero-order chi connectivity index (χ0) is 15.4. The standard InChI is InChI=1S/C18H21F2N/c1-4-9-21-13(3)14-7-8-17(19)16(10-14)15-6-5-12(2)18(20)11-15/h5-8,10-11,13,21H,4,9H2,1-3H3. The zero-order valence-corrected chi connectivity index (χ0v) is 12.7. The molecule has 0 spiro atoms. The van der Waals surface area contributed by atoms with Crippen LogP contribution in [0.15, 0.2) is 36.4 Å². The van der Waals surface area contributed by atoms with Crippen LogP contribution in [0, 0.1) is 18.6 Å². The highest BCUT2D eigenvalue weighted by Gasteiger charge is 2.11. The van der Waals surface area contributed by atoms with Crippen molar-refractivity contribution in [2.45, 2.75) is 33.2 Å². The van der Waals surface area contributed by atoms with E-state index < -0.39 is 0 Å². The number of nitrogens with one attached hydrogen (secondary N) is 1. The molecule has 3 heteroatoms. The third-order valence-electron chi connectivity index (χ3n) is 3.67. The molecule has 1 N–H and O–H groups in total. The lowest BCUT2D eigenvalue weighted by Crippen LogP contribution is -2.19. The number of halogens is 2. The van der Waals surface area contributed by atoms with Crippen LogP contribution in [0.4, 0.5) is 8.78 Å². The first-order chi connectivity index (χ1) is 10.0. The van der Waals surface area contributed by atoms with Crippen molar-refractivity contribution in [3.63, 3.8) is 0 Å². The van der Waals surface area contributed by atoms with Crippen molar-refractivity contribution < 1.29 is 8.78 Å². The summed E-state index contributed by atoms with van der Waals surface area (Å²) in [4.78, 5) is 0. The maximum atomic E-state index is 14.1. The van der Waals surface area contributed by atoms with Gasteiger partial charge in [-0.25, -0.2) is 8.78 Å². The molecule has 1 atom stereocenters. The van der Waals surface area contributed by atoms with E-state index in [2.05, 4.69) is 12.2 Å². The molecule has 0 radical (unpaired) electrons. The highest BCUT2D eigenvalue weighted by molar-refractivity contribution is 5.65. The lowest BCUT2D eigenvalue weighted by Gasteiger charge is -2.15. The van der Waals surface area contributed by atoms with E-state index in [0.717, 1.165) is 18.5 Å².